The Bertz CT molecular complexity index is 152. The van der Waals surface area contributed by atoms with Crippen LogP contribution in [-0.2, 0) is 0 Å². The van der Waals surface area contributed by atoms with Crippen molar-refractivity contribution in [3.05, 3.63) is 23.9 Å². The highest BCUT2D eigenvalue weighted by atomic mass is 14.7. The van der Waals surface area contributed by atoms with Crippen molar-refractivity contribution in [2.75, 3.05) is 0 Å². The maximum atomic E-state index is 4.06. The Morgan fingerprint density at radius 3 is 2.70 bits per heavy atom. The van der Waals surface area contributed by atoms with Gasteiger partial charge in [0.2, 0.25) is 0 Å². The van der Waals surface area contributed by atoms with Crippen LogP contribution in [0.5, 0.6) is 0 Å². The molecule has 0 fully saturated rings. The molecule has 0 bridgehead atoms. The number of nitrogens with zero attached hydrogens (tertiary/aromatic N) is 1. The van der Waals surface area contributed by atoms with Gasteiger partial charge in [-0.05, 0) is 26.3 Å². The molecular weight excluding hydrogens is 122 g/mol. The maximum Gasteiger partial charge on any atom is 0.0264 e. The van der Waals surface area contributed by atoms with Gasteiger partial charge in [0.05, 0.1) is 0 Å². The van der Waals surface area contributed by atoms with E-state index in [1.54, 1.807) is 6.21 Å². The normalized spacial score (nSPS) is 13.7. The van der Waals surface area contributed by atoms with Gasteiger partial charge in [0, 0.05) is 12.4 Å². The Balaban J connectivity index is 3.70. The lowest BCUT2D eigenvalue weighted by atomic mass is 10.3. The monoisotopic (exact) mass is 137 g/mol. The molecule has 1 heteroatoms. The molecule has 0 aromatic heterocycles. The molecule has 0 atom stereocenters. The lowest BCUT2D eigenvalue weighted by Crippen LogP contribution is -1.68. The summed E-state index contributed by atoms with van der Waals surface area (Å²) >= 11 is 0. The first-order valence-electron chi connectivity index (χ1n) is 3.61. The van der Waals surface area contributed by atoms with Crippen molar-refractivity contribution in [2.45, 2.75) is 27.2 Å². The fraction of sp³-hybridized carbons (Fsp3) is 0.444. The summed E-state index contributed by atoms with van der Waals surface area (Å²) in [4.78, 5) is 4.06. The molecule has 56 valence electrons. The standard InChI is InChI=1S/C9H15N/c1-4-6-7-10-8-9(3)5-2/h4,6-8H,5H2,1-3H3. The molecule has 0 amide bonds. The van der Waals surface area contributed by atoms with E-state index in [1.165, 1.54) is 5.57 Å². The average Bonchev–Trinajstić information content (AvgIpc) is 1.98. The van der Waals surface area contributed by atoms with Gasteiger partial charge < -0.3 is 0 Å². The number of rotatable bonds is 3. The molecule has 0 rings (SSSR count). The van der Waals surface area contributed by atoms with Crippen LogP contribution in [0.4, 0.5) is 0 Å². The van der Waals surface area contributed by atoms with Gasteiger partial charge in [0.25, 0.3) is 0 Å². The van der Waals surface area contributed by atoms with Crippen LogP contribution in [0.3, 0.4) is 0 Å². The van der Waals surface area contributed by atoms with E-state index in [0.717, 1.165) is 6.42 Å². The first-order chi connectivity index (χ1) is 4.81. The lowest BCUT2D eigenvalue weighted by molar-refractivity contribution is 1.09. The molecule has 0 aliphatic carbocycles. The van der Waals surface area contributed by atoms with Gasteiger partial charge in [-0.25, -0.2) is 0 Å². The SMILES string of the molecule is CC=CC=NC=C(C)CC. The lowest BCUT2D eigenvalue weighted by Gasteiger charge is -1.86. The van der Waals surface area contributed by atoms with E-state index < -0.39 is 0 Å². The topological polar surface area (TPSA) is 12.4 Å². The van der Waals surface area contributed by atoms with Gasteiger partial charge in [-0.1, -0.05) is 18.6 Å². The third-order valence-electron chi connectivity index (χ3n) is 1.22. The Kier molecular flexibility index (Phi) is 5.74. The highest BCUT2D eigenvalue weighted by Gasteiger charge is 1.77. The van der Waals surface area contributed by atoms with E-state index in [9.17, 15) is 0 Å². The largest absolute Gasteiger partial charge is 0.265 e. The third kappa shape index (κ3) is 5.29. The first-order valence-corrected chi connectivity index (χ1v) is 3.61. The summed E-state index contributed by atoms with van der Waals surface area (Å²) in [5.41, 5.74) is 1.31. The van der Waals surface area contributed by atoms with Crippen molar-refractivity contribution < 1.29 is 0 Å². The van der Waals surface area contributed by atoms with Crippen molar-refractivity contribution in [3.63, 3.8) is 0 Å². The summed E-state index contributed by atoms with van der Waals surface area (Å²) in [6.07, 6.45) is 8.63. The van der Waals surface area contributed by atoms with Crippen LogP contribution >= 0.6 is 0 Å². The minimum atomic E-state index is 1.08. The highest BCUT2D eigenvalue weighted by Crippen LogP contribution is 1.96. The second kappa shape index (κ2) is 6.27. The van der Waals surface area contributed by atoms with Crippen LogP contribution in [0.2, 0.25) is 0 Å². The molecule has 0 aliphatic heterocycles. The van der Waals surface area contributed by atoms with E-state index >= 15 is 0 Å². The minimum absolute atomic E-state index is 1.08. The van der Waals surface area contributed by atoms with Crippen molar-refractivity contribution >= 4 is 6.21 Å². The molecule has 1 nitrogen and oxygen atoms in total. The van der Waals surface area contributed by atoms with E-state index in [0.29, 0.717) is 0 Å². The zero-order valence-corrected chi connectivity index (χ0v) is 6.96. The predicted octanol–water partition coefficient (Wildman–Crippen LogP) is 2.95. The third-order valence-corrected chi connectivity index (χ3v) is 1.22. The molecule has 0 saturated heterocycles. The molecule has 0 radical (unpaired) electrons. The Labute approximate surface area is 63.2 Å². The van der Waals surface area contributed by atoms with E-state index in [-0.39, 0.29) is 0 Å². The maximum absolute atomic E-state index is 4.06. The van der Waals surface area contributed by atoms with Crippen molar-refractivity contribution in [1.29, 1.82) is 0 Å². The van der Waals surface area contributed by atoms with Gasteiger partial charge in [-0.2, -0.15) is 0 Å². The van der Waals surface area contributed by atoms with Gasteiger partial charge in [0.15, 0.2) is 0 Å². The molecule has 0 N–H and O–H groups in total. The number of hydrogen-bond donors (Lipinski definition) is 0. The van der Waals surface area contributed by atoms with Crippen LogP contribution in [0.15, 0.2) is 28.9 Å². The van der Waals surface area contributed by atoms with E-state index in [4.69, 9.17) is 0 Å². The zero-order valence-electron chi connectivity index (χ0n) is 6.96. The van der Waals surface area contributed by atoms with Crippen LogP contribution in [-0.4, -0.2) is 6.21 Å². The van der Waals surface area contributed by atoms with E-state index in [2.05, 4.69) is 18.8 Å². The fourth-order valence-corrected chi connectivity index (χ4v) is 0.397. The fourth-order valence-electron chi connectivity index (χ4n) is 0.397. The molecule has 0 unspecified atom stereocenters. The van der Waals surface area contributed by atoms with Crippen LogP contribution < -0.4 is 0 Å². The van der Waals surface area contributed by atoms with Gasteiger partial charge in [-0.15, -0.1) is 0 Å². The molecule has 0 aromatic carbocycles. The summed E-state index contributed by atoms with van der Waals surface area (Å²) in [6, 6.07) is 0. The summed E-state index contributed by atoms with van der Waals surface area (Å²) in [6.45, 7) is 6.17. The molecule has 0 aromatic rings. The van der Waals surface area contributed by atoms with Crippen molar-refractivity contribution in [3.8, 4) is 0 Å². The summed E-state index contributed by atoms with van der Waals surface area (Å²) in [5, 5.41) is 0. The number of hydrogen-bond acceptors (Lipinski definition) is 1. The van der Waals surface area contributed by atoms with Crippen LogP contribution in [0, 0.1) is 0 Å². The van der Waals surface area contributed by atoms with Crippen molar-refractivity contribution in [2.24, 2.45) is 4.99 Å². The molecule has 0 aliphatic rings. The highest BCUT2D eigenvalue weighted by molar-refractivity contribution is 5.71. The molecule has 0 saturated carbocycles. The van der Waals surface area contributed by atoms with E-state index in [1.807, 2.05) is 25.3 Å². The molecular formula is C9H15N. The zero-order chi connectivity index (χ0) is 7.82. The quantitative estimate of drug-likeness (QED) is 0.530. The van der Waals surface area contributed by atoms with Gasteiger partial charge in [-0.3, -0.25) is 4.99 Å². The Morgan fingerprint density at radius 2 is 2.20 bits per heavy atom. The number of aliphatic imine (C=N–C) groups is 1. The second-order valence-corrected chi connectivity index (χ2v) is 2.15. The first kappa shape index (κ1) is 9.15. The smallest absolute Gasteiger partial charge is 0.0264 e. The summed E-state index contributed by atoms with van der Waals surface area (Å²) in [5.74, 6) is 0. The van der Waals surface area contributed by atoms with Crippen LogP contribution in [0.1, 0.15) is 27.2 Å². The van der Waals surface area contributed by atoms with Crippen LogP contribution in [0.25, 0.3) is 0 Å². The minimum Gasteiger partial charge on any atom is -0.265 e. The van der Waals surface area contributed by atoms with Crippen molar-refractivity contribution in [1.82, 2.24) is 0 Å². The Hall–Kier alpha value is -0.850. The molecule has 0 spiro atoms. The van der Waals surface area contributed by atoms with Gasteiger partial charge in [0.1, 0.15) is 0 Å². The second-order valence-electron chi connectivity index (χ2n) is 2.15. The average molecular weight is 137 g/mol. The summed E-state index contributed by atoms with van der Waals surface area (Å²) < 4.78 is 0. The molecule has 0 heterocycles. The summed E-state index contributed by atoms with van der Waals surface area (Å²) in [7, 11) is 0. The predicted molar refractivity (Wildman–Crippen MR) is 47.4 cm³/mol. The van der Waals surface area contributed by atoms with Gasteiger partial charge >= 0.3 is 0 Å². The molecule has 10 heavy (non-hydrogen) atoms. The number of allylic oxidation sites excluding steroid dienone is 3. The Morgan fingerprint density at radius 1 is 1.50 bits per heavy atom.